The van der Waals surface area contributed by atoms with E-state index in [-0.39, 0.29) is 17.8 Å². The van der Waals surface area contributed by atoms with Crippen LogP contribution in [0.1, 0.15) is 44.0 Å². The lowest BCUT2D eigenvalue weighted by Gasteiger charge is -2.16. The number of nitrogens with one attached hydrogen (secondary N) is 2. The van der Waals surface area contributed by atoms with Gasteiger partial charge in [0.1, 0.15) is 5.82 Å². The summed E-state index contributed by atoms with van der Waals surface area (Å²) in [5.41, 5.74) is 0.171. The normalized spacial score (nSPS) is 12.5. The molecule has 0 aliphatic heterocycles. The van der Waals surface area contributed by atoms with Crippen LogP contribution >= 0.6 is 0 Å². The van der Waals surface area contributed by atoms with Crippen molar-refractivity contribution in [1.82, 2.24) is 14.5 Å². The van der Waals surface area contributed by atoms with Gasteiger partial charge in [-0.25, -0.2) is 18.5 Å². The quantitative estimate of drug-likeness (QED) is 0.907. The number of H-pyrrole nitrogens is 1. The van der Waals surface area contributed by atoms with Crippen LogP contribution in [0.4, 0.5) is 10.3 Å². The van der Waals surface area contributed by atoms with Crippen LogP contribution in [0.5, 0.6) is 0 Å². The summed E-state index contributed by atoms with van der Waals surface area (Å²) in [5.74, 6) is -0.330. The first-order chi connectivity index (χ1) is 10.3. The van der Waals surface area contributed by atoms with Gasteiger partial charge >= 0.3 is 11.4 Å². The highest BCUT2D eigenvalue weighted by molar-refractivity contribution is 5.33. The SMILES string of the molecule is Cc1ccc(F)c([C@H](C)Nc2nc(=O)n(C(C)C)c(=O)[nH]2)c1. The van der Waals surface area contributed by atoms with Crippen LogP contribution in [0.25, 0.3) is 0 Å². The Morgan fingerprint density at radius 1 is 1.27 bits per heavy atom. The van der Waals surface area contributed by atoms with Gasteiger partial charge in [0.25, 0.3) is 0 Å². The summed E-state index contributed by atoms with van der Waals surface area (Å²) in [7, 11) is 0. The first-order valence-corrected chi connectivity index (χ1v) is 7.05. The number of anilines is 1. The molecule has 0 spiro atoms. The first kappa shape index (κ1) is 15.9. The van der Waals surface area contributed by atoms with Gasteiger partial charge in [-0.1, -0.05) is 17.7 Å². The Labute approximate surface area is 127 Å². The molecule has 0 aliphatic rings. The van der Waals surface area contributed by atoms with E-state index in [0.29, 0.717) is 5.56 Å². The minimum absolute atomic E-state index is 0.0281. The van der Waals surface area contributed by atoms with Crippen molar-refractivity contribution < 1.29 is 4.39 Å². The second-order valence-electron chi connectivity index (χ2n) is 5.53. The van der Waals surface area contributed by atoms with Crippen LogP contribution in [0, 0.1) is 12.7 Å². The van der Waals surface area contributed by atoms with Crippen LogP contribution in [0.3, 0.4) is 0 Å². The van der Waals surface area contributed by atoms with E-state index in [0.717, 1.165) is 10.1 Å². The van der Waals surface area contributed by atoms with Gasteiger partial charge in [-0.3, -0.25) is 4.98 Å². The number of nitrogens with zero attached hydrogens (tertiary/aromatic N) is 2. The summed E-state index contributed by atoms with van der Waals surface area (Å²) in [6.45, 7) is 7.03. The van der Waals surface area contributed by atoms with E-state index < -0.39 is 17.4 Å². The third-order valence-corrected chi connectivity index (χ3v) is 3.35. The molecule has 2 N–H and O–H groups in total. The molecular weight excluding hydrogens is 287 g/mol. The Balaban J connectivity index is 2.33. The molecule has 0 saturated carbocycles. The van der Waals surface area contributed by atoms with Gasteiger partial charge in [-0.05, 0) is 33.8 Å². The predicted molar refractivity (Wildman–Crippen MR) is 82.7 cm³/mol. The van der Waals surface area contributed by atoms with E-state index in [1.54, 1.807) is 32.9 Å². The molecule has 2 rings (SSSR count). The Bertz CT molecular complexity index is 764. The average molecular weight is 306 g/mol. The maximum Gasteiger partial charge on any atom is 0.355 e. The van der Waals surface area contributed by atoms with Crippen LogP contribution in [0.15, 0.2) is 27.8 Å². The number of rotatable bonds is 4. The molecule has 6 nitrogen and oxygen atoms in total. The van der Waals surface area contributed by atoms with E-state index in [4.69, 9.17) is 0 Å². The summed E-state index contributed by atoms with van der Waals surface area (Å²) in [6, 6.07) is 4.04. The number of aromatic amines is 1. The van der Waals surface area contributed by atoms with Crippen molar-refractivity contribution in [2.24, 2.45) is 0 Å². The largest absolute Gasteiger partial charge is 0.355 e. The van der Waals surface area contributed by atoms with Crippen LogP contribution < -0.4 is 16.7 Å². The van der Waals surface area contributed by atoms with Crippen molar-refractivity contribution in [2.45, 2.75) is 39.8 Å². The summed E-state index contributed by atoms with van der Waals surface area (Å²) in [4.78, 5) is 30.0. The molecule has 1 heterocycles. The molecule has 0 aliphatic carbocycles. The fourth-order valence-corrected chi connectivity index (χ4v) is 2.23. The monoisotopic (exact) mass is 306 g/mol. The Morgan fingerprint density at radius 3 is 2.55 bits per heavy atom. The van der Waals surface area contributed by atoms with E-state index >= 15 is 0 Å². The molecule has 0 fully saturated rings. The third-order valence-electron chi connectivity index (χ3n) is 3.35. The predicted octanol–water partition coefficient (Wildman–Crippen LogP) is 2.13. The summed E-state index contributed by atoms with van der Waals surface area (Å²) < 4.78 is 14.9. The molecule has 0 amide bonds. The first-order valence-electron chi connectivity index (χ1n) is 7.05. The zero-order valence-electron chi connectivity index (χ0n) is 13.0. The molecule has 2 aromatic rings. The molecule has 7 heteroatoms. The molecule has 1 aromatic heterocycles. The number of aromatic nitrogens is 3. The lowest BCUT2D eigenvalue weighted by molar-refractivity contribution is 0.529. The summed E-state index contributed by atoms with van der Waals surface area (Å²) in [6.07, 6.45) is 0. The van der Waals surface area contributed by atoms with Crippen molar-refractivity contribution in [3.8, 4) is 0 Å². The second-order valence-corrected chi connectivity index (χ2v) is 5.53. The molecular formula is C15H19FN4O2. The molecule has 0 radical (unpaired) electrons. The van der Waals surface area contributed by atoms with Gasteiger partial charge in [0.2, 0.25) is 5.95 Å². The molecule has 1 atom stereocenters. The zero-order valence-corrected chi connectivity index (χ0v) is 13.0. The minimum atomic E-state index is -0.641. The highest BCUT2D eigenvalue weighted by atomic mass is 19.1. The maximum absolute atomic E-state index is 13.9. The highest BCUT2D eigenvalue weighted by Crippen LogP contribution is 2.20. The van der Waals surface area contributed by atoms with Crippen LogP contribution in [-0.2, 0) is 0 Å². The number of halogens is 1. The van der Waals surface area contributed by atoms with Gasteiger partial charge < -0.3 is 5.32 Å². The van der Waals surface area contributed by atoms with E-state index in [1.165, 1.54) is 6.07 Å². The third kappa shape index (κ3) is 3.24. The van der Waals surface area contributed by atoms with Crippen molar-refractivity contribution in [3.63, 3.8) is 0 Å². The van der Waals surface area contributed by atoms with Crippen molar-refractivity contribution in [3.05, 3.63) is 56.1 Å². The molecule has 0 unspecified atom stereocenters. The molecule has 1 aromatic carbocycles. The molecule has 118 valence electrons. The van der Waals surface area contributed by atoms with Gasteiger partial charge in [0.05, 0.1) is 6.04 Å². The zero-order chi connectivity index (χ0) is 16.4. The fraction of sp³-hybridized carbons (Fsp3) is 0.400. The molecule has 0 bridgehead atoms. The average Bonchev–Trinajstić information content (AvgIpc) is 2.40. The van der Waals surface area contributed by atoms with Crippen molar-refractivity contribution in [1.29, 1.82) is 0 Å². The minimum Gasteiger partial charge on any atom is -0.349 e. The van der Waals surface area contributed by atoms with E-state index in [1.807, 2.05) is 6.92 Å². The van der Waals surface area contributed by atoms with Gasteiger partial charge in [-0.15, -0.1) is 0 Å². The van der Waals surface area contributed by atoms with E-state index in [9.17, 15) is 14.0 Å². The summed E-state index contributed by atoms with van der Waals surface area (Å²) in [5, 5.41) is 2.85. The van der Waals surface area contributed by atoms with Crippen LogP contribution in [-0.4, -0.2) is 14.5 Å². The smallest absolute Gasteiger partial charge is 0.349 e. The van der Waals surface area contributed by atoms with Crippen LogP contribution in [0.2, 0.25) is 0 Å². The lowest BCUT2D eigenvalue weighted by Crippen LogP contribution is -2.39. The Morgan fingerprint density at radius 2 is 1.95 bits per heavy atom. The topological polar surface area (TPSA) is 79.8 Å². The van der Waals surface area contributed by atoms with Gasteiger partial charge in [-0.2, -0.15) is 4.98 Å². The maximum atomic E-state index is 13.9. The number of hydrogen-bond donors (Lipinski definition) is 2. The lowest BCUT2D eigenvalue weighted by atomic mass is 10.1. The number of benzene rings is 1. The second kappa shape index (κ2) is 6.13. The highest BCUT2D eigenvalue weighted by Gasteiger charge is 2.14. The van der Waals surface area contributed by atoms with Crippen molar-refractivity contribution in [2.75, 3.05) is 5.32 Å². The Hall–Kier alpha value is -2.44. The van der Waals surface area contributed by atoms with Gasteiger partial charge in [0.15, 0.2) is 0 Å². The van der Waals surface area contributed by atoms with Gasteiger partial charge in [0, 0.05) is 11.6 Å². The molecule has 22 heavy (non-hydrogen) atoms. The number of aryl methyl sites for hydroxylation is 1. The fourth-order valence-electron chi connectivity index (χ4n) is 2.23. The van der Waals surface area contributed by atoms with E-state index in [2.05, 4.69) is 15.3 Å². The van der Waals surface area contributed by atoms with Crippen molar-refractivity contribution >= 4 is 5.95 Å². The standard InChI is InChI=1S/C15H19FN4O2/c1-8(2)20-14(21)18-13(19-15(20)22)17-10(4)11-7-9(3)5-6-12(11)16/h5-8,10H,1-4H3,(H2,17,18,19,21,22)/t10-/m0/s1. The number of hydrogen-bond acceptors (Lipinski definition) is 4. The summed E-state index contributed by atoms with van der Waals surface area (Å²) >= 11 is 0. The Kier molecular flexibility index (Phi) is 4.44. The molecule has 0 saturated heterocycles.